The van der Waals surface area contributed by atoms with Gasteiger partial charge in [-0.3, -0.25) is 4.79 Å². The van der Waals surface area contributed by atoms with E-state index in [1.165, 1.54) is 7.11 Å². The second-order valence-electron chi connectivity index (χ2n) is 7.11. The molecule has 3 aromatic rings. The summed E-state index contributed by atoms with van der Waals surface area (Å²) < 4.78 is 6.51. The van der Waals surface area contributed by atoms with Gasteiger partial charge in [-0.15, -0.1) is 0 Å². The van der Waals surface area contributed by atoms with Crippen LogP contribution in [0.5, 0.6) is 0 Å². The van der Waals surface area contributed by atoms with E-state index < -0.39 is 5.97 Å². The number of pyridine rings is 1. The highest BCUT2D eigenvalue weighted by Crippen LogP contribution is 2.30. The van der Waals surface area contributed by atoms with Crippen LogP contribution in [0.4, 0.5) is 5.82 Å². The number of nitrogens with one attached hydrogen (secondary N) is 1. The lowest BCUT2D eigenvalue weighted by atomic mass is 10.1. The lowest BCUT2D eigenvalue weighted by molar-refractivity contribution is -0.128. The Morgan fingerprint density at radius 3 is 2.84 bits per heavy atom. The van der Waals surface area contributed by atoms with Crippen molar-refractivity contribution in [2.45, 2.75) is 6.42 Å². The second-order valence-corrected chi connectivity index (χ2v) is 7.50. The number of hydrogen-bond donors (Lipinski definition) is 1. The number of nitrogens with zero attached hydrogens (tertiary/aromatic N) is 4. The number of benzene rings is 1. The third-order valence-corrected chi connectivity index (χ3v) is 5.35. The van der Waals surface area contributed by atoms with Crippen molar-refractivity contribution < 1.29 is 14.3 Å². The molecule has 0 saturated carbocycles. The summed E-state index contributed by atoms with van der Waals surface area (Å²) in [5.41, 5.74) is 2.15. The molecule has 4 rings (SSSR count). The van der Waals surface area contributed by atoms with Crippen LogP contribution in [0.3, 0.4) is 0 Å². The summed E-state index contributed by atoms with van der Waals surface area (Å²) in [6.45, 7) is 0.719. The first-order valence-electron chi connectivity index (χ1n) is 9.65. The van der Waals surface area contributed by atoms with Crippen molar-refractivity contribution in [2.75, 3.05) is 33.1 Å². The van der Waals surface area contributed by atoms with Crippen molar-refractivity contribution in [3.8, 4) is 17.5 Å². The van der Waals surface area contributed by atoms with Crippen LogP contribution in [0.15, 0.2) is 30.3 Å². The van der Waals surface area contributed by atoms with Gasteiger partial charge in [0.2, 0.25) is 5.91 Å². The van der Waals surface area contributed by atoms with Crippen LogP contribution in [0.2, 0.25) is 5.15 Å². The van der Waals surface area contributed by atoms with Gasteiger partial charge in [0.15, 0.2) is 5.69 Å². The fourth-order valence-electron chi connectivity index (χ4n) is 3.57. The molecular formula is C22H20ClN5O3. The maximum atomic E-state index is 12.4. The number of esters is 1. The third kappa shape index (κ3) is 3.80. The molecule has 0 aliphatic carbocycles. The van der Waals surface area contributed by atoms with Crippen molar-refractivity contribution in [1.82, 2.24) is 19.7 Å². The van der Waals surface area contributed by atoms with E-state index >= 15 is 0 Å². The molecule has 1 aliphatic rings. The van der Waals surface area contributed by atoms with Gasteiger partial charge in [-0.05, 0) is 24.6 Å². The smallest absolute Gasteiger partial charge is 0.359 e. The van der Waals surface area contributed by atoms with E-state index in [0.29, 0.717) is 22.4 Å². The minimum absolute atomic E-state index is 0.0474. The minimum atomic E-state index is -0.579. The van der Waals surface area contributed by atoms with Gasteiger partial charge < -0.3 is 15.0 Å². The number of aromatic nitrogens is 3. The molecule has 1 saturated heterocycles. The van der Waals surface area contributed by atoms with Crippen LogP contribution in [0.25, 0.3) is 16.6 Å². The Kier molecular flexibility index (Phi) is 5.53. The van der Waals surface area contributed by atoms with Gasteiger partial charge in [0.25, 0.3) is 0 Å². The zero-order valence-electron chi connectivity index (χ0n) is 17.3. The van der Waals surface area contributed by atoms with Gasteiger partial charge >= 0.3 is 5.97 Å². The highest BCUT2D eigenvalue weighted by Gasteiger charge is 2.27. The summed E-state index contributed by atoms with van der Waals surface area (Å²) in [6.07, 6.45) is 0.729. The SMILES string of the molecule is CNc1nc(Cl)cc2c1c(C(=O)OC)nn2-c1cccc(C#C[C@@H]2CCN(C)C2=O)c1. The Hall–Kier alpha value is -3.57. The molecule has 2 aromatic heterocycles. The Bertz CT molecular complexity index is 1260. The summed E-state index contributed by atoms with van der Waals surface area (Å²) >= 11 is 6.20. The van der Waals surface area contributed by atoms with Crippen molar-refractivity contribution in [3.05, 3.63) is 46.7 Å². The highest BCUT2D eigenvalue weighted by atomic mass is 35.5. The Morgan fingerprint density at radius 1 is 1.35 bits per heavy atom. The number of carbonyl (C=O) groups excluding carboxylic acids is 2. The summed E-state index contributed by atoms with van der Waals surface area (Å²) in [5, 5.41) is 8.19. The van der Waals surface area contributed by atoms with Crippen LogP contribution in [0.1, 0.15) is 22.5 Å². The summed E-state index contributed by atoms with van der Waals surface area (Å²) in [7, 11) is 4.77. The van der Waals surface area contributed by atoms with Crippen LogP contribution in [-0.2, 0) is 9.53 Å². The Morgan fingerprint density at radius 2 is 2.16 bits per heavy atom. The van der Waals surface area contributed by atoms with E-state index in [1.54, 1.807) is 29.7 Å². The largest absolute Gasteiger partial charge is 0.464 e. The predicted molar refractivity (Wildman–Crippen MR) is 117 cm³/mol. The average molecular weight is 438 g/mol. The monoisotopic (exact) mass is 437 g/mol. The van der Waals surface area contributed by atoms with Gasteiger partial charge in [-0.1, -0.05) is 29.5 Å². The van der Waals surface area contributed by atoms with E-state index in [4.69, 9.17) is 16.3 Å². The molecule has 3 heterocycles. The maximum Gasteiger partial charge on any atom is 0.359 e. The number of carbonyl (C=O) groups is 2. The Balaban J connectivity index is 1.81. The van der Waals surface area contributed by atoms with Gasteiger partial charge in [-0.25, -0.2) is 14.5 Å². The zero-order chi connectivity index (χ0) is 22.1. The van der Waals surface area contributed by atoms with E-state index in [2.05, 4.69) is 27.2 Å². The lowest BCUT2D eigenvalue weighted by Gasteiger charge is -2.06. The lowest BCUT2D eigenvalue weighted by Crippen LogP contribution is -2.21. The number of halogens is 1. The number of likely N-dealkylation sites (tertiary alicyclic amines) is 1. The molecule has 0 unspecified atom stereocenters. The highest BCUT2D eigenvalue weighted by molar-refractivity contribution is 6.30. The molecule has 0 bridgehead atoms. The minimum Gasteiger partial charge on any atom is -0.464 e. The summed E-state index contributed by atoms with van der Waals surface area (Å²) in [6, 6.07) is 9.04. The molecule has 1 atom stereocenters. The molecule has 1 amide bonds. The van der Waals surface area contributed by atoms with Crippen molar-refractivity contribution in [2.24, 2.45) is 5.92 Å². The maximum absolute atomic E-state index is 12.4. The average Bonchev–Trinajstić information content (AvgIpc) is 3.31. The van der Waals surface area contributed by atoms with Crippen LogP contribution >= 0.6 is 11.6 Å². The Labute approximate surface area is 184 Å². The van der Waals surface area contributed by atoms with Gasteiger partial charge in [-0.2, -0.15) is 5.10 Å². The van der Waals surface area contributed by atoms with Crippen molar-refractivity contribution in [3.63, 3.8) is 0 Å². The fourth-order valence-corrected chi connectivity index (χ4v) is 3.75. The third-order valence-electron chi connectivity index (χ3n) is 5.16. The molecule has 0 spiro atoms. The van der Waals surface area contributed by atoms with Crippen LogP contribution in [0, 0.1) is 17.8 Å². The molecule has 8 nitrogen and oxygen atoms in total. The van der Waals surface area contributed by atoms with Crippen molar-refractivity contribution >= 4 is 40.2 Å². The summed E-state index contributed by atoms with van der Waals surface area (Å²) in [4.78, 5) is 30.4. The molecular weight excluding hydrogens is 418 g/mol. The first-order valence-corrected chi connectivity index (χ1v) is 10.0. The number of rotatable bonds is 3. The summed E-state index contributed by atoms with van der Waals surface area (Å²) in [5.74, 6) is 5.77. The zero-order valence-corrected chi connectivity index (χ0v) is 18.0. The van der Waals surface area contributed by atoms with Crippen LogP contribution < -0.4 is 5.32 Å². The first kappa shape index (κ1) is 20.7. The van der Waals surface area contributed by atoms with E-state index in [0.717, 1.165) is 18.5 Å². The number of fused-ring (bicyclic) bond motifs is 1. The first-order chi connectivity index (χ1) is 14.9. The molecule has 1 N–H and O–H groups in total. The van der Waals surface area contributed by atoms with Gasteiger partial charge in [0.05, 0.1) is 23.7 Å². The topological polar surface area (TPSA) is 89.3 Å². The second kappa shape index (κ2) is 8.28. The standard InChI is InChI=1S/C22H20ClN5O3/c1-24-20-18-16(12-17(23)25-20)28(26-19(18)22(30)31-3)15-6-4-5-13(11-15)7-8-14-9-10-27(2)21(14)29/h4-6,11-12,14H,9-10H2,1-3H3,(H,24,25)/t14-/m1/s1. The van der Waals surface area contributed by atoms with Crippen LogP contribution in [-0.4, -0.2) is 59.3 Å². The molecule has 1 aliphatic heterocycles. The van der Waals surface area contributed by atoms with Gasteiger partial charge in [0.1, 0.15) is 16.9 Å². The van der Waals surface area contributed by atoms with E-state index in [-0.39, 0.29) is 22.7 Å². The number of methoxy groups -OCH3 is 1. The van der Waals surface area contributed by atoms with Gasteiger partial charge in [0, 0.05) is 32.3 Å². The number of amides is 1. The normalized spacial score (nSPS) is 15.7. The predicted octanol–water partition coefficient (Wildman–Crippen LogP) is 2.73. The van der Waals surface area contributed by atoms with E-state index in [1.807, 2.05) is 24.3 Å². The fraction of sp³-hybridized carbons (Fsp3) is 0.273. The molecule has 31 heavy (non-hydrogen) atoms. The molecule has 1 aromatic carbocycles. The van der Waals surface area contributed by atoms with Crippen molar-refractivity contribution in [1.29, 1.82) is 0 Å². The molecule has 158 valence electrons. The molecule has 9 heteroatoms. The quantitative estimate of drug-likeness (QED) is 0.385. The molecule has 0 radical (unpaired) electrons. The number of ether oxygens (including phenoxy) is 1. The van der Waals surface area contributed by atoms with E-state index in [9.17, 15) is 9.59 Å². The molecule has 1 fully saturated rings. The number of hydrogen-bond acceptors (Lipinski definition) is 6. The number of anilines is 1.